The van der Waals surface area contributed by atoms with Crippen molar-refractivity contribution >= 4 is 17.8 Å². The molecule has 6 heteroatoms. The molecule has 0 spiro atoms. The number of unbranched alkanes of at least 4 members (excludes halogenated alkanes) is 2. The molecule has 0 saturated carbocycles. The number of hydrazine groups is 1. The minimum Gasteiger partial charge on any atom is -0.481 e. The predicted molar refractivity (Wildman–Crippen MR) is 55.2 cm³/mol. The fourth-order valence-electron chi connectivity index (χ4n) is 1.52. The Morgan fingerprint density at radius 1 is 1.19 bits per heavy atom. The van der Waals surface area contributed by atoms with Crippen molar-refractivity contribution in [3.05, 3.63) is 0 Å². The number of carbonyl (C=O) groups is 3. The van der Waals surface area contributed by atoms with Crippen molar-refractivity contribution in [1.82, 2.24) is 10.4 Å². The van der Waals surface area contributed by atoms with E-state index in [2.05, 4.69) is 5.43 Å². The van der Waals surface area contributed by atoms with Crippen LogP contribution in [0.25, 0.3) is 0 Å². The Bertz CT molecular complexity index is 275. The molecule has 0 aromatic heterocycles. The van der Waals surface area contributed by atoms with E-state index in [1.807, 2.05) is 0 Å². The number of rotatable bonds is 7. The second-order valence-corrected chi connectivity index (χ2v) is 3.74. The molecule has 0 aromatic carbocycles. The van der Waals surface area contributed by atoms with Gasteiger partial charge in [-0.15, -0.1) is 0 Å². The summed E-state index contributed by atoms with van der Waals surface area (Å²) >= 11 is 0. The van der Waals surface area contributed by atoms with Crippen molar-refractivity contribution in [2.75, 3.05) is 6.54 Å². The van der Waals surface area contributed by atoms with Gasteiger partial charge < -0.3 is 5.11 Å². The average Bonchev–Trinajstić information content (AvgIpc) is 2.53. The maximum absolute atomic E-state index is 11.2. The third-order valence-electron chi connectivity index (χ3n) is 2.39. The number of carbonyl (C=O) groups excluding carboxylic acids is 2. The first-order chi connectivity index (χ1) is 7.61. The van der Waals surface area contributed by atoms with Gasteiger partial charge in [0.05, 0.1) is 0 Å². The highest BCUT2D eigenvalue weighted by Crippen LogP contribution is 2.08. The molecule has 0 atom stereocenters. The molecule has 0 bridgehead atoms. The lowest BCUT2D eigenvalue weighted by Crippen LogP contribution is -2.42. The zero-order valence-electron chi connectivity index (χ0n) is 9.07. The molecule has 1 rings (SSSR count). The van der Waals surface area contributed by atoms with E-state index in [-0.39, 0.29) is 31.1 Å². The summed E-state index contributed by atoms with van der Waals surface area (Å²) in [6.45, 7) is 0.525. The molecule has 1 heterocycles. The average molecular weight is 228 g/mol. The van der Waals surface area contributed by atoms with E-state index < -0.39 is 5.97 Å². The molecule has 0 radical (unpaired) electrons. The molecule has 0 unspecified atom stereocenters. The number of imide groups is 1. The maximum Gasteiger partial charge on any atom is 0.303 e. The summed E-state index contributed by atoms with van der Waals surface area (Å²) in [6, 6.07) is 0. The molecule has 0 aliphatic carbocycles. The minimum absolute atomic E-state index is 0.168. The molecule has 1 fully saturated rings. The standard InChI is InChI=1S/C10H16N2O4/c13-8-5-6-9(14)12(8)11-7-3-1-2-4-10(15)16/h11H,1-7H2,(H,15,16). The van der Waals surface area contributed by atoms with Crippen LogP contribution in [-0.4, -0.2) is 34.4 Å². The van der Waals surface area contributed by atoms with Gasteiger partial charge in [0.1, 0.15) is 0 Å². The summed E-state index contributed by atoms with van der Waals surface area (Å²) in [5, 5.41) is 9.47. The van der Waals surface area contributed by atoms with Gasteiger partial charge in [-0.2, -0.15) is 0 Å². The summed E-state index contributed by atoms with van der Waals surface area (Å²) in [4.78, 5) is 32.5. The van der Waals surface area contributed by atoms with Gasteiger partial charge in [0.15, 0.2) is 0 Å². The highest BCUT2D eigenvalue weighted by atomic mass is 16.4. The van der Waals surface area contributed by atoms with E-state index in [0.29, 0.717) is 13.0 Å². The zero-order valence-corrected chi connectivity index (χ0v) is 9.07. The number of carboxylic acids is 1. The number of hydrogen-bond donors (Lipinski definition) is 2. The lowest BCUT2D eigenvalue weighted by atomic mass is 10.2. The third-order valence-corrected chi connectivity index (χ3v) is 2.39. The lowest BCUT2D eigenvalue weighted by molar-refractivity contribution is -0.142. The summed E-state index contributed by atoms with van der Waals surface area (Å²) < 4.78 is 0. The van der Waals surface area contributed by atoms with E-state index in [9.17, 15) is 14.4 Å². The van der Waals surface area contributed by atoms with Crippen LogP contribution in [0, 0.1) is 0 Å². The van der Waals surface area contributed by atoms with Gasteiger partial charge in [0.2, 0.25) is 11.8 Å². The Labute approximate surface area is 93.6 Å². The van der Waals surface area contributed by atoms with Crippen molar-refractivity contribution < 1.29 is 19.5 Å². The summed E-state index contributed by atoms with van der Waals surface area (Å²) in [6.07, 6.45) is 2.88. The van der Waals surface area contributed by atoms with Crippen LogP contribution in [0.15, 0.2) is 0 Å². The SMILES string of the molecule is O=C(O)CCCCCNN1C(=O)CCC1=O. The van der Waals surface area contributed by atoms with Crippen LogP contribution in [0.5, 0.6) is 0 Å². The predicted octanol–water partition coefficient (Wildman–Crippen LogP) is 0.285. The van der Waals surface area contributed by atoms with E-state index in [0.717, 1.165) is 17.9 Å². The number of nitrogens with one attached hydrogen (secondary N) is 1. The van der Waals surface area contributed by atoms with Crippen molar-refractivity contribution in [2.24, 2.45) is 0 Å². The molecule has 2 N–H and O–H groups in total. The highest BCUT2D eigenvalue weighted by Gasteiger charge is 2.28. The Hall–Kier alpha value is -1.43. The van der Waals surface area contributed by atoms with E-state index in [4.69, 9.17) is 5.11 Å². The molecule has 90 valence electrons. The lowest BCUT2D eigenvalue weighted by Gasteiger charge is -2.14. The van der Waals surface area contributed by atoms with Gasteiger partial charge in [-0.25, -0.2) is 10.4 Å². The molecule has 2 amide bonds. The Balaban J connectivity index is 2.05. The smallest absolute Gasteiger partial charge is 0.303 e. The van der Waals surface area contributed by atoms with Gasteiger partial charge in [0.25, 0.3) is 0 Å². The van der Waals surface area contributed by atoms with Crippen molar-refractivity contribution in [3.8, 4) is 0 Å². The fraction of sp³-hybridized carbons (Fsp3) is 0.700. The van der Waals surface area contributed by atoms with E-state index in [1.54, 1.807) is 0 Å². The van der Waals surface area contributed by atoms with E-state index >= 15 is 0 Å². The number of nitrogens with zero attached hydrogens (tertiary/aromatic N) is 1. The van der Waals surface area contributed by atoms with Gasteiger partial charge in [-0.1, -0.05) is 6.42 Å². The molecular weight excluding hydrogens is 212 g/mol. The molecular formula is C10H16N2O4. The summed E-state index contributed by atoms with van der Waals surface area (Å²) in [5.41, 5.74) is 2.76. The first-order valence-electron chi connectivity index (χ1n) is 5.42. The van der Waals surface area contributed by atoms with Crippen LogP contribution in [0.2, 0.25) is 0 Å². The maximum atomic E-state index is 11.2. The zero-order chi connectivity index (χ0) is 12.0. The molecule has 1 saturated heterocycles. The number of hydrogen-bond acceptors (Lipinski definition) is 4. The van der Waals surface area contributed by atoms with Crippen molar-refractivity contribution in [2.45, 2.75) is 38.5 Å². The number of aliphatic carboxylic acids is 1. The van der Waals surface area contributed by atoms with Gasteiger partial charge in [-0.3, -0.25) is 14.4 Å². The topological polar surface area (TPSA) is 86.7 Å². The second kappa shape index (κ2) is 6.22. The molecule has 16 heavy (non-hydrogen) atoms. The second-order valence-electron chi connectivity index (χ2n) is 3.74. The normalized spacial score (nSPS) is 15.9. The van der Waals surface area contributed by atoms with Gasteiger partial charge in [-0.05, 0) is 12.8 Å². The van der Waals surface area contributed by atoms with Crippen LogP contribution >= 0.6 is 0 Å². The summed E-state index contributed by atoms with van der Waals surface area (Å²) in [7, 11) is 0. The molecule has 1 aliphatic rings. The fourth-order valence-corrected chi connectivity index (χ4v) is 1.52. The van der Waals surface area contributed by atoms with Crippen LogP contribution in [-0.2, 0) is 14.4 Å². The van der Waals surface area contributed by atoms with E-state index in [1.165, 1.54) is 0 Å². The third kappa shape index (κ3) is 3.98. The minimum atomic E-state index is -0.794. The monoisotopic (exact) mass is 228 g/mol. The number of carboxylic acid groups (broad SMARTS) is 1. The van der Waals surface area contributed by atoms with Crippen LogP contribution in [0.4, 0.5) is 0 Å². The largest absolute Gasteiger partial charge is 0.481 e. The quantitative estimate of drug-likeness (QED) is 0.483. The van der Waals surface area contributed by atoms with Crippen molar-refractivity contribution in [3.63, 3.8) is 0 Å². The molecule has 0 aromatic rings. The first-order valence-corrected chi connectivity index (χ1v) is 5.42. The van der Waals surface area contributed by atoms with Gasteiger partial charge in [0, 0.05) is 25.8 Å². The van der Waals surface area contributed by atoms with Crippen molar-refractivity contribution in [1.29, 1.82) is 0 Å². The Morgan fingerprint density at radius 3 is 2.38 bits per heavy atom. The highest BCUT2D eigenvalue weighted by molar-refractivity contribution is 6.01. The molecule has 1 aliphatic heterocycles. The summed E-state index contributed by atoms with van der Waals surface area (Å²) in [5.74, 6) is -1.16. The van der Waals surface area contributed by atoms with Crippen LogP contribution < -0.4 is 5.43 Å². The van der Waals surface area contributed by atoms with Crippen LogP contribution in [0.1, 0.15) is 38.5 Å². The first kappa shape index (κ1) is 12.6. The Morgan fingerprint density at radius 2 is 1.81 bits per heavy atom. The van der Waals surface area contributed by atoms with Crippen LogP contribution in [0.3, 0.4) is 0 Å². The Kier molecular flexibility index (Phi) is 4.91. The number of amides is 2. The van der Waals surface area contributed by atoms with Gasteiger partial charge >= 0.3 is 5.97 Å². The molecule has 6 nitrogen and oxygen atoms in total.